The Bertz CT molecular complexity index is 1780. The number of methoxy groups -OCH3 is 1. The van der Waals surface area contributed by atoms with Crippen LogP contribution in [-0.4, -0.2) is 63.1 Å². The standard InChI is InChI=1S/C32H29F3N6O5S/c1-3-21-6-4-5-7-26(21)41-27(42)18-47-31(41)38-30(44)37-25(29(43)45-2)17-10-20-8-11-22(12-9-20)28-36-19-40(39-28)23-13-15-24(16-14-23)46-32(33,34)35/h4-9,11-16,19,25H,3,10,17-18H2,1-2H3,(H,37,44). The number of amidine groups is 1. The number of esters is 1. The van der Waals surface area contributed by atoms with Crippen LogP contribution in [0.5, 0.6) is 5.75 Å². The molecule has 0 bridgehead atoms. The number of hydrogen-bond acceptors (Lipinski definition) is 8. The minimum absolute atomic E-state index is 0.143. The average Bonchev–Trinajstić information content (AvgIpc) is 3.69. The quantitative estimate of drug-likeness (QED) is 0.213. The van der Waals surface area contributed by atoms with E-state index in [1.165, 1.54) is 47.3 Å². The summed E-state index contributed by atoms with van der Waals surface area (Å²) in [6, 6.07) is 18.1. The predicted octanol–water partition coefficient (Wildman–Crippen LogP) is 5.72. The number of alkyl halides is 3. The number of amides is 3. The van der Waals surface area contributed by atoms with Crippen molar-refractivity contribution < 1.29 is 37.0 Å². The molecule has 0 saturated carbocycles. The first-order valence-electron chi connectivity index (χ1n) is 14.4. The van der Waals surface area contributed by atoms with Gasteiger partial charge in [-0.25, -0.2) is 19.3 Å². The number of para-hydroxylation sites is 1. The van der Waals surface area contributed by atoms with Crippen LogP contribution < -0.4 is 15.0 Å². The lowest BCUT2D eigenvalue weighted by Crippen LogP contribution is -2.41. The molecule has 0 radical (unpaired) electrons. The molecule has 1 aromatic heterocycles. The van der Waals surface area contributed by atoms with Crippen molar-refractivity contribution in [3.8, 4) is 22.8 Å². The number of urea groups is 1. The minimum atomic E-state index is -4.78. The molecule has 4 aromatic rings. The average molecular weight is 667 g/mol. The topological polar surface area (TPSA) is 128 Å². The lowest BCUT2D eigenvalue weighted by molar-refractivity contribution is -0.274. The number of hydrogen-bond donors (Lipinski definition) is 1. The van der Waals surface area contributed by atoms with Crippen LogP contribution in [0.2, 0.25) is 0 Å². The van der Waals surface area contributed by atoms with Crippen molar-refractivity contribution in [1.82, 2.24) is 20.1 Å². The van der Waals surface area contributed by atoms with Crippen molar-refractivity contribution in [3.05, 3.63) is 90.3 Å². The molecule has 1 atom stereocenters. The first-order chi connectivity index (χ1) is 22.5. The Balaban J connectivity index is 1.21. The molecule has 1 fully saturated rings. The zero-order chi connectivity index (χ0) is 33.6. The van der Waals surface area contributed by atoms with Crippen molar-refractivity contribution >= 4 is 40.5 Å². The first-order valence-corrected chi connectivity index (χ1v) is 15.4. The van der Waals surface area contributed by atoms with E-state index in [2.05, 4.69) is 25.1 Å². The summed E-state index contributed by atoms with van der Waals surface area (Å²) in [6.07, 6.45) is -2.01. The molecule has 0 spiro atoms. The van der Waals surface area contributed by atoms with Gasteiger partial charge in [0.05, 0.1) is 24.2 Å². The number of anilines is 1. The van der Waals surface area contributed by atoms with Crippen molar-refractivity contribution in [2.24, 2.45) is 4.99 Å². The van der Waals surface area contributed by atoms with Crippen LogP contribution in [0.25, 0.3) is 17.1 Å². The fourth-order valence-corrected chi connectivity index (χ4v) is 5.68. The zero-order valence-corrected chi connectivity index (χ0v) is 26.0. The highest BCUT2D eigenvalue weighted by Gasteiger charge is 2.33. The highest BCUT2D eigenvalue weighted by atomic mass is 32.2. The van der Waals surface area contributed by atoms with Crippen LogP contribution in [-0.2, 0) is 27.2 Å². The van der Waals surface area contributed by atoms with E-state index >= 15 is 0 Å². The summed E-state index contributed by atoms with van der Waals surface area (Å²) < 4.78 is 47.5. The largest absolute Gasteiger partial charge is 0.573 e. The lowest BCUT2D eigenvalue weighted by Gasteiger charge is -2.20. The Morgan fingerprint density at radius 2 is 1.79 bits per heavy atom. The summed E-state index contributed by atoms with van der Waals surface area (Å²) in [5, 5.41) is 7.25. The van der Waals surface area contributed by atoms with Crippen molar-refractivity contribution in [2.75, 3.05) is 17.8 Å². The SMILES string of the molecule is CCc1ccccc1N1C(=O)CSC1=NC(=O)NC(CCc1ccc(-c2ncn(-c3ccc(OC(F)(F)F)cc3)n2)cc1)C(=O)OC. The van der Waals surface area contributed by atoms with Crippen LogP contribution in [0.3, 0.4) is 0 Å². The number of aliphatic imine (C=N–C) groups is 1. The molecule has 47 heavy (non-hydrogen) atoms. The maximum Gasteiger partial charge on any atom is 0.573 e. The third-order valence-corrected chi connectivity index (χ3v) is 8.04. The number of carbonyl (C=O) groups is 3. The fourth-order valence-electron chi connectivity index (χ4n) is 4.82. The number of rotatable bonds is 10. The number of benzene rings is 3. The van der Waals surface area contributed by atoms with E-state index in [1.54, 1.807) is 18.2 Å². The molecule has 11 nitrogen and oxygen atoms in total. The molecule has 2 heterocycles. The second-order valence-electron chi connectivity index (χ2n) is 10.2. The van der Waals surface area contributed by atoms with Gasteiger partial charge in [0.15, 0.2) is 11.0 Å². The molecular weight excluding hydrogens is 637 g/mol. The first kappa shape index (κ1) is 33.2. The molecule has 1 unspecified atom stereocenters. The molecule has 1 saturated heterocycles. The summed E-state index contributed by atoms with van der Waals surface area (Å²) in [5.41, 5.74) is 3.65. The molecule has 1 aliphatic rings. The Hall–Kier alpha value is -5.18. The predicted molar refractivity (Wildman–Crippen MR) is 169 cm³/mol. The molecule has 1 aliphatic heterocycles. The van der Waals surface area contributed by atoms with Crippen molar-refractivity contribution in [3.63, 3.8) is 0 Å². The normalized spacial score (nSPS) is 14.7. The minimum Gasteiger partial charge on any atom is -0.467 e. The van der Waals surface area contributed by atoms with Crippen LogP contribution in [0.15, 0.2) is 84.1 Å². The summed E-state index contributed by atoms with van der Waals surface area (Å²) in [7, 11) is 1.23. The van der Waals surface area contributed by atoms with Gasteiger partial charge in [0.25, 0.3) is 0 Å². The molecule has 15 heteroatoms. The molecule has 0 aliphatic carbocycles. The maximum absolute atomic E-state index is 12.9. The fraction of sp³-hybridized carbons (Fsp3) is 0.250. The van der Waals surface area contributed by atoms with Gasteiger partial charge in [0.2, 0.25) is 5.91 Å². The Morgan fingerprint density at radius 3 is 2.47 bits per heavy atom. The molecule has 3 amide bonds. The zero-order valence-electron chi connectivity index (χ0n) is 25.2. The van der Waals surface area contributed by atoms with E-state index in [-0.39, 0.29) is 29.0 Å². The van der Waals surface area contributed by atoms with Crippen molar-refractivity contribution in [1.29, 1.82) is 0 Å². The Morgan fingerprint density at radius 1 is 1.06 bits per heavy atom. The molecule has 1 N–H and O–H groups in total. The summed E-state index contributed by atoms with van der Waals surface area (Å²) in [4.78, 5) is 48.0. The van der Waals surface area contributed by atoms with Crippen LogP contribution in [0.1, 0.15) is 24.5 Å². The number of halogens is 3. The monoisotopic (exact) mass is 666 g/mol. The molecule has 3 aromatic carbocycles. The smallest absolute Gasteiger partial charge is 0.467 e. The van der Waals surface area contributed by atoms with Crippen LogP contribution in [0.4, 0.5) is 23.7 Å². The second kappa shape index (κ2) is 14.5. The van der Waals surface area contributed by atoms with E-state index in [4.69, 9.17) is 4.74 Å². The third-order valence-electron chi connectivity index (χ3n) is 7.12. The van der Waals surface area contributed by atoms with Gasteiger partial charge in [-0.3, -0.25) is 9.69 Å². The number of aromatic nitrogens is 3. The van der Waals surface area contributed by atoms with Crippen LogP contribution >= 0.6 is 11.8 Å². The van der Waals surface area contributed by atoms with E-state index in [0.717, 1.165) is 22.9 Å². The van der Waals surface area contributed by atoms with E-state index in [9.17, 15) is 27.6 Å². The van der Waals surface area contributed by atoms with E-state index in [1.807, 2.05) is 37.3 Å². The maximum atomic E-state index is 12.9. The number of thioether (sulfide) groups is 1. The Labute approximate surface area is 271 Å². The van der Waals surface area contributed by atoms with Gasteiger partial charge in [0, 0.05) is 5.56 Å². The van der Waals surface area contributed by atoms with Gasteiger partial charge in [0.1, 0.15) is 18.1 Å². The molecule has 244 valence electrons. The lowest BCUT2D eigenvalue weighted by atomic mass is 10.0. The van der Waals surface area contributed by atoms with Gasteiger partial charge in [-0.15, -0.1) is 18.3 Å². The van der Waals surface area contributed by atoms with Gasteiger partial charge in [-0.2, -0.15) is 4.99 Å². The molecule has 5 rings (SSSR count). The summed E-state index contributed by atoms with van der Waals surface area (Å²) >= 11 is 1.15. The number of nitrogens with one attached hydrogen (secondary N) is 1. The van der Waals surface area contributed by atoms with Gasteiger partial charge in [-0.1, -0.05) is 61.2 Å². The van der Waals surface area contributed by atoms with Crippen LogP contribution in [0, 0.1) is 0 Å². The number of ether oxygens (including phenoxy) is 2. The highest BCUT2D eigenvalue weighted by molar-refractivity contribution is 8.15. The summed E-state index contributed by atoms with van der Waals surface area (Å²) in [5.74, 6) is -0.629. The number of nitrogens with zero attached hydrogens (tertiary/aromatic N) is 5. The highest BCUT2D eigenvalue weighted by Crippen LogP contribution is 2.30. The molecular formula is C32H29F3N6O5S. The number of carbonyl (C=O) groups excluding carboxylic acids is 3. The number of aryl methyl sites for hydroxylation is 2. The van der Waals surface area contributed by atoms with E-state index < -0.39 is 24.4 Å². The van der Waals surface area contributed by atoms with E-state index in [0.29, 0.717) is 35.6 Å². The van der Waals surface area contributed by atoms with Gasteiger partial charge in [-0.05, 0) is 60.7 Å². The van der Waals surface area contributed by atoms with Crippen molar-refractivity contribution in [2.45, 2.75) is 38.6 Å². The third kappa shape index (κ3) is 8.35. The van der Waals surface area contributed by atoms with Gasteiger partial charge < -0.3 is 14.8 Å². The van der Waals surface area contributed by atoms with Gasteiger partial charge >= 0.3 is 18.4 Å². The Kier molecular flexibility index (Phi) is 10.2. The summed E-state index contributed by atoms with van der Waals surface area (Å²) in [6.45, 7) is 1.97. The second-order valence-corrected chi connectivity index (χ2v) is 11.2.